The summed E-state index contributed by atoms with van der Waals surface area (Å²) in [7, 11) is 3.14. The third-order valence-electron chi connectivity index (χ3n) is 4.13. The maximum absolute atomic E-state index is 12.5. The molecule has 27 heavy (non-hydrogen) atoms. The monoisotopic (exact) mass is 403 g/mol. The highest BCUT2D eigenvalue weighted by Gasteiger charge is 2.16. The second-order valence-corrected chi connectivity index (χ2v) is 8.11. The Morgan fingerprint density at radius 1 is 1.19 bits per heavy atom. The Bertz CT molecular complexity index is 1000. The fourth-order valence-corrected chi connectivity index (χ4v) is 4.72. The highest BCUT2D eigenvalue weighted by Crippen LogP contribution is 2.35. The van der Waals surface area contributed by atoms with Gasteiger partial charge in [-0.3, -0.25) is 4.79 Å². The number of rotatable bonds is 6. The van der Waals surface area contributed by atoms with Crippen LogP contribution < -0.4 is 14.8 Å². The van der Waals surface area contributed by atoms with Crippen molar-refractivity contribution in [3.05, 3.63) is 34.5 Å². The molecule has 0 spiro atoms. The van der Waals surface area contributed by atoms with Crippen LogP contribution in [0.4, 0.5) is 5.69 Å². The van der Waals surface area contributed by atoms with E-state index in [1.54, 1.807) is 43.8 Å². The van der Waals surface area contributed by atoms with E-state index in [1.807, 2.05) is 6.92 Å². The van der Waals surface area contributed by atoms with E-state index < -0.39 is 0 Å². The van der Waals surface area contributed by atoms with E-state index in [1.165, 1.54) is 22.2 Å². The van der Waals surface area contributed by atoms with Crippen LogP contribution in [0.15, 0.2) is 23.2 Å². The van der Waals surface area contributed by atoms with Crippen molar-refractivity contribution in [1.29, 1.82) is 0 Å². The van der Waals surface area contributed by atoms with Crippen molar-refractivity contribution in [2.45, 2.75) is 25.8 Å². The van der Waals surface area contributed by atoms with E-state index in [2.05, 4.69) is 29.1 Å². The number of fused-ring (bicyclic) bond motifs is 1. The minimum atomic E-state index is -0.138. The number of thiophene rings is 1. The van der Waals surface area contributed by atoms with Gasteiger partial charge in [0.15, 0.2) is 0 Å². The smallest absolute Gasteiger partial charge is 0.234 e. The summed E-state index contributed by atoms with van der Waals surface area (Å²) in [6, 6.07) is 5.28. The van der Waals surface area contributed by atoms with Crippen molar-refractivity contribution in [2.24, 2.45) is 0 Å². The first-order valence-electron chi connectivity index (χ1n) is 8.32. The number of aromatic nitrogens is 2. The third-order valence-corrected chi connectivity index (χ3v) is 6.20. The number of hydrogen-bond acceptors (Lipinski definition) is 7. The average Bonchev–Trinajstić information content (AvgIpc) is 2.93. The zero-order valence-corrected chi connectivity index (χ0v) is 17.5. The number of carbonyl (C=O) groups is 1. The largest absolute Gasteiger partial charge is 0.497 e. The molecule has 0 atom stereocenters. The number of aryl methyl sites for hydroxylation is 3. The Labute approximate surface area is 166 Å². The SMILES string of the molecule is COc1ccc(OC)c(NC(=O)CSc2nc(C)nc3sc(C)c(C)c23)c1. The number of carbonyl (C=O) groups excluding carboxylic acids is 1. The fraction of sp³-hybridized carbons (Fsp3) is 0.316. The molecular formula is C19H21N3O3S2. The van der Waals surface area contributed by atoms with Crippen molar-refractivity contribution in [3.8, 4) is 11.5 Å². The molecule has 0 radical (unpaired) electrons. The number of thioether (sulfide) groups is 1. The van der Waals surface area contributed by atoms with Gasteiger partial charge in [-0.25, -0.2) is 9.97 Å². The van der Waals surface area contributed by atoms with E-state index in [9.17, 15) is 4.79 Å². The van der Waals surface area contributed by atoms with Gasteiger partial charge in [-0.1, -0.05) is 11.8 Å². The molecular weight excluding hydrogens is 382 g/mol. The lowest BCUT2D eigenvalue weighted by Gasteiger charge is -2.12. The lowest BCUT2D eigenvalue weighted by Crippen LogP contribution is -2.15. The molecule has 2 aromatic heterocycles. The van der Waals surface area contributed by atoms with Gasteiger partial charge in [0.25, 0.3) is 0 Å². The summed E-state index contributed by atoms with van der Waals surface area (Å²) in [5.74, 6) is 2.04. The van der Waals surface area contributed by atoms with Crippen molar-refractivity contribution in [3.63, 3.8) is 0 Å². The lowest BCUT2D eigenvalue weighted by atomic mass is 10.2. The average molecular weight is 404 g/mol. The molecule has 0 unspecified atom stereocenters. The zero-order valence-electron chi connectivity index (χ0n) is 15.9. The van der Waals surface area contributed by atoms with Crippen LogP contribution in [0.5, 0.6) is 11.5 Å². The Morgan fingerprint density at radius 2 is 1.96 bits per heavy atom. The van der Waals surface area contributed by atoms with E-state index in [-0.39, 0.29) is 11.7 Å². The van der Waals surface area contributed by atoms with Crippen LogP contribution in [0.2, 0.25) is 0 Å². The third kappa shape index (κ3) is 4.17. The normalized spacial score (nSPS) is 10.9. The van der Waals surface area contributed by atoms with Crippen LogP contribution in [-0.4, -0.2) is 35.8 Å². The van der Waals surface area contributed by atoms with Crippen LogP contribution in [0.25, 0.3) is 10.2 Å². The van der Waals surface area contributed by atoms with E-state index in [4.69, 9.17) is 9.47 Å². The van der Waals surface area contributed by atoms with Crippen LogP contribution in [-0.2, 0) is 4.79 Å². The summed E-state index contributed by atoms with van der Waals surface area (Å²) < 4.78 is 10.5. The molecule has 0 fully saturated rings. The molecule has 1 aromatic carbocycles. The number of nitrogens with one attached hydrogen (secondary N) is 1. The number of hydrogen-bond donors (Lipinski definition) is 1. The van der Waals surface area contributed by atoms with Gasteiger partial charge in [-0.15, -0.1) is 11.3 Å². The van der Waals surface area contributed by atoms with Gasteiger partial charge in [0, 0.05) is 16.3 Å². The molecule has 3 rings (SSSR count). The number of methoxy groups -OCH3 is 2. The maximum atomic E-state index is 12.5. The molecule has 142 valence electrons. The summed E-state index contributed by atoms with van der Waals surface area (Å²) in [5, 5.41) is 4.76. The van der Waals surface area contributed by atoms with Crippen LogP contribution in [0, 0.1) is 20.8 Å². The number of ether oxygens (including phenoxy) is 2. The van der Waals surface area contributed by atoms with Crippen LogP contribution >= 0.6 is 23.1 Å². The fourth-order valence-electron chi connectivity index (χ4n) is 2.65. The van der Waals surface area contributed by atoms with E-state index in [0.29, 0.717) is 23.0 Å². The minimum Gasteiger partial charge on any atom is -0.497 e. The Kier molecular flexibility index (Phi) is 5.86. The Hall–Kier alpha value is -2.32. The van der Waals surface area contributed by atoms with Crippen molar-refractivity contribution < 1.29 is 14.3 Å². The topological polar surface area (TPSA) is 73.3 Å². The molecule has 2 heterocycles. The summed E-state index contributed by atoms with van der Waals surface area (Å²) >= 11 is 3.07. The molecule has 0 saturated heterocycles. The Morgan fingerprint density at radius 3 is 2.67 bits per heavy atom. The van der Waals surface area contributed by atoms with Crippen LogP contribution in [0.3, 0.4) is 0 Å². The highest BCUT2D eigenvalue weighted by atomic mass is 32.2. The first-order chi connectivity index (χ1) is 12.9. The molecule has 0 aliphatic heterocycles. The molecule has 6 nitrogen and oxygen atoms in total. The van der Waals surface area contributed by atoms with Gasteiger partial charge >= 0.3 is 0 Å². The quantitative estimate of drug-likeness (QED) is 0.487. The molecule has 0 saturated carbocycles. The molecule has 3 aromatic rings. The first kappa shape index (κ1) is 19.4. The first-order valence-corrected chi connectivity index (χ1v) is 10.1. The predicted molar refractivity (Wildman–Crippen MR) is 111 cm³/mol. The number of anilines is 1. The number of amides is 1. The summed E-state index contributed by atoms with van der Waals surface area (Å²) in [6.07, 6.45) is 0. The van der Waals surface area contributed by atoms with Gasteiger partial charge in [0.1, 0.15) is 27.2 Å². The second kappa shape index (κ2) is 8.14. The van der Waals surface area contributed by atoms with Crippen molar-refractivity contribution >= 4 is 44.9 Å². The standard InChI is InChI=1S/C19H21N3O3S2/c1-10-11(2)27-19-17(10)18(20-12(3)21-19)26-9-16(23)22-14-8-13(24-4)6-7-15(14)25-5/h6-8H,9H2,1-5H3,(H,22,23). The van der Waals surface area contributed by atoms with Crippen molar-refractivity contribution in [2.75, 3.05) is 25.3 Å². The molecule has 8 heteroatoms. The molecule has 1 amide bonds. The summed E-state index contributed by atoms with van der Waals surface area (Å²) in [4.78, 5) is 23.7. The van der Waals surface area contributed by atoms with Crippen molar-refractivity contribution in [1.82, 2.24) is 9.97 Å². The van der Waals surface area contributed by atoms with Gasteiger partial charge in [0.05, 0.1) is 25.7 Å². The van der Waals surface area contributed by atoms with E-state index in [0.717, 1.165) is 15.2 Å². The number of benzene rings is 1. The minimum absolute atomic E-state index is 0.138. The molecule has 0 aliphatic carbocycles. The van der Waals surface area contributed by atoms with Gasteiger partial charge in [-0.2, -0.15) is 0 Å². The van der Waals surface area contributed by atoms with E-state index >= 15 is 0 Å². The summed E-state index contributed by atoms with van der Waals surface area (Å²) in [6.45, 7) is 6.01. The highest BCUT2D eigenvalue weighted by molar-refractivity contribution is 8.00. The number of nitrogens with zero attached hydrogens (tertiary/aromatic N) is 2. The summed E-state index contributed by atoms with van der Waals surface area (Å²) in [5.41, 5.74) is 1.75. The van der Waals surface area contributed by atoms with Gasteiger partial charge in [-0.05, 0) is 38.5 Å². The molecule has 0 aliphatic rings. The maximum Gasteiger partial charge on any atom is 0.234 e. The molecule has 1 N–H and O–H groups in total. The molecule has 0 bridgehead atoms. The second-order valence-electron chi connectivity index (χ2n) is 5.94. The van der Waals surface area contributed by atoms with Gasteiger partial charge < -0.3 is 14.8 Å². The van der Waals surface area contributed by atoms with Gasteiger partial charge in [0.2, 0.25) is 5.91 Å². The predicted octanol–water partition coefficient (Wildman–Crippen LogP) is 4.36. The zero-order chi connectivity index (χ0) is 19.6. The lowest BCUT2D eigenvalue weighted by molar-refractivity contribution is -0.113. The van der Waals surface area contributed by atoms with Crippen LogP contribution in [0.1, 0.15) is 16.3 Å². The Balaban J connectivity index is 1.78.